The normalized spacial score (nSPS) is 10.2. The number of ether oxygens (including phenoxy) is 1. The van der Waals surface area contributed by atoms with Gasteiger partial charge in [0, 0.05) is 12.6 Å². The predicted octanol–water partition coefficient (Wildman–Crippen LogP) is 3.42. The molecule has 0 unspecified atom stereocenters. The molecular weight excluding hydrogens is 366 g/mol. The maximum absolute atomic E-state index is 11.0. The molecule has 0 aliphatic rings. The van der Waals surface area contributed by atoms with Gasteiger partial charge in [0.1, 0.15) is 0 Å². The Hall–Kier alpha value is -2.00. The molecule has 10 heteroatoms. The summed E-state index contributed by atoms with van der Waals surface area (Å²) >= 11 is 8.96. The molecule has 0 fully saturated rings. The van der Waals surface area contributed by atoms with Crippen LogP contribution in [0.1, 0.15) is 6.92 Å². The first-order valence-electron chi connectivity index (χ1n) is 5.77. The quantitative estimate of drug-likeness (QED) is 0.631. The molecule has 0 aliphatic heterocycles. The van der Waals surface area contributed by atoms with Gasteiger partial charge in [-0.3, -0.25) is 10.1 Å². The van der Waals surface area contributed by atoms with Gasteiger partial charge >= 0.3 is 11.7 Å². The third kappa shape index (κ3) is 3.76. The Labute approximate surface area is 132 Å². The monoisotopic (exact) mass is 373 g/mol. The molecule has 21 heavy (non-hydrogen) atoms. The SMILES string of the molecule is CCNc1nc(Cl)nc(Oc2c(Br)cccc2[N+](=O)[O-])n1. The number of anilines is 1. The Morgan fingerprint density at radius 2 is 2.19 bits per heavy atom. The minimum Gasteiger partial charge on any atom is -0.416 e. The highest BCUT2D eigenvalue weighted by Gasteiger charge is 2.20. The summed E-state index contributed by atoms with van der Waals surface area (Å²) in [4.78, 5) is 22.1. The van der Waals surface area contributed by atoms with Crippen LogP contribution in [0.5, 0.6) is 11.8 Å². The number of rotatable bonds is 5. The summed E-state index contributed by atoms with van der Waals surface area (Å²) in [5, 5.41) is 13.8. The molecule has 1 aromatic heterocycles. The molecule has 0 saturated carbocycles. The third-order valence-corrected chi connectivity index (χ3v) is 3.05. The first-order chi connectivity index (χ1) is 10.0. The van der Waals surface area contributed by atoms with Crippen molar-refractivity contribution in [2.75, 3.05) is 11.9 Å². The molecular formula is C11H9BrClN5O3. The summed E-state index contributed by atoms with van der Waals surface area (Å²) in [6.07, 6.45) is 0. The molecule has 0 saturated heterocycles. The van der Waals surface area contributed by atoms with Crippen molar-refractivity contribution in [2.24, 2.45) is 0 Å². The molecule has 110 valence electrons. The van der Waals surface area contributed by atoms with Gasteiger partial charge in [-0.05, 0) is 40.5 Å². The van der Waals surface area contributed by atoms with Crippen molar-refractivity contribution in [3.8, 4) is 11.8 Å². The van der Waals surface area contributed by atoms with Crippen LogP contribution in [-0.4, -0.2) is 26.4 Å². The summed E-state index contributed by atoms with van der Waals surface area (Å²) in [5.41, 5.74) is -0.217. The van der Waals surface area contributed by atoms with Crippen molar-refractivity contribution in [2.45, 2.75) is 6.92 Å². The van der Waals surface area contributed by atoms with Crippen LogP contribution in [0.2, 0.25) is 5.28 Å². The lowest BCUT2D eigenvalue weighted by Gasteiger charge is -2.08. The van der Waals surface area contributed by atoms with E-state index < -0.39 is 4.92 Å². The summed E-state index contributed by atoms with van der Waals surface area (Å²) in [6.45, 7) is 2.44. The summed E-state index contributed by atoms with van der Waals surface area (Å²) in [6, 6.07) is 4.31. The number of nitrogens with zero attached hydrogens (tertiary/aromatic N) is 4. The standard InChI is InChI=1S/C11H9BrClN5O3/c1-2-14-10-15-9(13)16-11(17-10)21-8-6(12)4-3-5-7(8)18(19)20/h3-5H,2H2,1H3,(H,14,15,16,17). The Balaban J connectivity index is 2.40. The van der Waals surface area contributed by atoms with Gasteiger partial charge in [0.2, 0.25) is 17.0 Å². The first kappa shape index (κ1) is 15.4. The second-order valence-corrected chi connectivity index (χ2v) is 4.88. The van der Waals surface area contributed by atoms with Gasteiger partial charge in [-0.15, -0.1) is 0 Å². The van der Waals surface area contributed by atoms with Gasteiger partial charge in [-0.1, -0.05) is 6.07 Å². The van der Waals surface area contributed by atoms with Gasteiger partial charge in [0.25, 0.3) is 0 Å². The van der Waals surface area contributed by atoms with Crippen LogP contribution in [-0.2, 0) is 0 Å². The summed E-state index contributed by atoms with van der Waals surface area (Å²) < 4.78 is 5.80. The van der Waals surface area contributed by atoms with Crippen LogP contribution in [0, 0.1) is 10.1 Å². The molecule has 0 aliphatic carbocycles. The molecule has 1 aromatic carbocycles. The highest BCUT2D eigenvalue weighted by atomic mass is 79.9. The molecule has 0 amide bonds. The van der Waals surface area contributed by atoms with Crippen molar-refractivity contribution < 1.29 is 9.66 Å². The molecule has 8 nitrogen and oxygen atoms in total. The van der Waals surface area contributed by atoms with Crippen LogP contribution in [0.3, 0.4) is 0 Å². The minimum atomic E-state index is -0.561. The number of hydrogen-bond donors (Lipinski definition) is 1. The number of para-hydroxylation sites is 1. The molecule has 2 rings (SSSR count). The highest BCUT2D eigenvalue weighted by molar-refractivity contribution is 9.10. The molecule has 0 radical (unpaired) electrons. The second-order valence-electron chi connectivity index (χ2n) is 3.69. The highest BCUT2D eigenvalue weighted by Crippen LogP contribution is 2.37. The maximum Gasteiger partial charge on any atom is 0.328 e. The number of benzene rings is 1. The van der Waals surface area contributed by atoms with Gasteiger partial charge in [0.05, 0.1) is 9.40 Å². The second kappa shape index (κ2) is 6.64. The van der Waals surface area contributed by atoms with E-state index in [9.17, 15) is 10.1 Å². The Bertz CT molecular complexity index is 685. The number of nitrogens with one attached hydrogen (secondary N) is 1. The van der Waals surface area contributed by atoms with E-state index in [2.05, 4.69) is 36.2 Å². The number of halogens is 2. The van der Waals surface area contributed by atoms with E-state index in [-0.39, 0.29) is 28.7 Å². The van der Waals surface area contributed by atoms with Crippen LogP contribution in [0.4, 0.5) is 11.6 Å². The van der Waals surface area contributed by atoms with E-state index in [4.69, 9.17) is 16.3 Å². The number of nitro benzene ring substituents is 1. The van der Waals surface area contributed by atoms with Gasteiger partial charge in [-0.2, -0.15) is 15.0 Å². The molecule has 1 heterocycles. The van der Waals surface area contributed by atoms with E-state index in [1.54, 1.807) is 6.07 Å². The fraction of sp³-hybridized carbons (Fsp3) is 0.182. The smallest absolute Gasteiger partial charge is 0.328 e. The third-order valence-electron chi connectivity index (χ3n) is 2.26. The van der Waals surface area contributed by atoms with Crippen molar-refractivity contribution in [1.82, 2.24) is 15.0 Å². The van der Waals surface area contributed by atoms with Gasteiger partial charge < -0.3 is 10.1 Å². The zero-order valence-electron chi connectivity index (χ0n) is 10.7. The predicted molar refractivity (Wildman–Crippen MR) is 79.9 cm³/mol. The van der Waals surface area contributed by atoms with Crippen LogP contribution in [0.25, 0.3) is 0 Å². The zero-order chi connectivity index (χ0) is 15.4. The maximum atomic E-state index is 11.0. The van der Waals surface area contributed by atoms with Crippen molar-refractivity contribution >= 4 is 39.2 Å². The van der Waals surface area contributed by atoms with Crippen LogP contribution in [0.15, 0.2) is 22.7 Å². The van der Waals surface area contributed by atoms with Crippen LogP contribution >= 0.6 is 27.5 Å². The van der Waals surface area contributed by atoms with E-state index in [0.717, 1.165) is 0 Å². The largest absolute Gasteiger partial charge is 0.416 e. The lowest BCUT2D eigenvalue weighted by atomic mass is 10.3. The van der Waals surface area contributed by atoms with E-state index in [1.165, 1.54) is 12.1 Å². The summed E-state index contributed by atoms with van der Waals surface area (Å²) in [5.74, 6) is 0.217. The van der Waals surface area contributed by atoms with Crippen molar-refractivity contribution in [1.29, 1.82) is 0 Å². The summed E-state index contributed by atoms with van der Waals surface area (Å²) in [7, 11) is 0. The zero-order valence-corrected chi connectivity index (χ0v) is 13.1. The van der Waals surface area contributed by atoms with E-state index >= 15 is 0 Å². The average molecular weight is 375 g/mol. The number of aromatic nitrogens is 3. The first-order valence-corrected chi connectivity index (χ1v) is 6.94. The topological polar surface area (TPSA) is 103 Å². The number of nitro groups is 1. The number of hydrogen-bond acceptors (Lipinski definition) is 7. The lowest BCUT2D eigenvalue weighted by Crippen LogP contribution is -2.05. The Morgan fingerprint density at radius 1 is 1.43 bits per heavy atom. The molecule has 0 spiro atoms. The van der Waals surface area contributed by atoms with Crippen molar-refractivity contribution in [3.05, 3.63) is 38.1 Å². The molecule has 2 aromatic rings. The molecule has 0 bridgehead atoms. The van der Waals surface area contributed by atoms with Crippen LogP contribution < -0.4 is 10.1 Å². The van der Waals surface area contributed by atoms with E-state index in [0.29, 0.717) is 11.0 Å². The fourth-order valence-electron chi connectivity index (χ4n) is 1.45. The van der Waals surface area contributed by atoms with Crippen molar-refractivity contribution in [3.63, 3.8) is 0 Å². The Kier molecular flexibility index (Phi) is 4.86. The molecule has 0 atom stereocenters. The van der Waals surface area contributed by atoms with Gasteiger partial charge in [0.15, 0.2) is 0 Å². The fourth-order valence-corrected chi connectivity index (χ4v) is 2.04. The van der Waals surface area contributed by atoms with E-state index in [1.807, 2.05) is 6.92 Å². The van der Waals surface area contributed by atoms with Gasteiger partial charge in [-0.25, -0.2) is 0 Å². The minimum absolute atomic E-state index is 0.00721. The lowest BCUT2D eigenvalue weighted by molar-refractivity contribution is -0.385. The molecule has 1 N–H and O–H groups in total. The average Bonchev–Trinajstić information content (AvgIpc) is 2.40. The Morgan fingerprint density at radius 3 is 2.86 bits per heavy atom.